The molecule has 0 amide bonds. The highest BCUT2D eigenvalue weighted by Crippen LogP contribution is 2.32. The molecule has 3 heteroatoms. The second-order valence-electron chi connectivity index (χ2n) is 3.08. The van der Waals surface area contributed by atoms with Crippen molar-refractivity contribution in [2.24, 2.45) is 0 Å². The summed E-state index contributed by atoms with van der Waals surface area (Å²) >= 11 is 0. The van der Waals surface area contributed by atoms with Gasteiger partial charge in [0.25, 0.3) is 5.79 Å². The van der Waals surface area contributed by atoms with Crippen molar-refractivity contribution in [1.29, 1.82) is 0 Å². The number of ether oxygens (including phenoxy) is 2. The first-order valence-electron chi connectivity index (χ1n) is 4.01. The zero-order chi connectivity index (χ0) is 7.73. The summed E-state index contributed by atoms with van der Waals surface area (Å²) in [4.78, 5) is 0. The minimum Gasteiger partial charge on any atom is -0.513 e. The third kappa shape index (κ3) is 1.26. The van der Waals surface area contributed by atoms with Crippen molar-refractivity contribution in [2.75, 3.05) is 13.2 Å². The van der Waals surface area contributed by atoms with Crippen LogP contribution >= 0.6 is 0 Å². The predicted molar refractivity (Wildman–Crippen MR) is 40.3 cm³/mol. The van der Waals surface area contributed by atoms with Gasteiger partial charge in [-0.05, 0) is 6.08 Å². The van der Waals surface area contributed by atoms with Crippen LogP contribution in [0.5, 0.6) is 0 Å². The minimum atomic E-state index is -0.258. The summed E-state index contributed by atoms with van der Waals surface area (Å²) < 4.78 is 9.89. The highest BCUT2D eigenvalue weighted by Gasteiger charge is 2.43. The lowest BCUT2D eigenvalue weighted by Gasteiger charge is -2.24. The van der Waals surface area contributed by atoms with Crippen LogP contribution in [0, 0.1) is 0 Å². The molecule has 1 unspecified atom stereocenters. The molecule has 1 heterocycles. The van der Waals surface area contributed by atoms with E-state index in [1.165, 1.54) is 0 Å². The molecule has 1 fully saturated rings. The fraction of sp³-hybridized carbons (Fsp3) is 0.750. The lowest BCUT2D eigenvalue weighted by atomic mass is 9.99. The molecule has 0 aromatic carbocycles. The molecule has 62 valence electrons. The van der Waals surface area contributed by atoms with E-state index in [2.05, 4.69) is 4.74 Å². The number of hydrogen-bond donors (Lipinski definition) is 1. The molecule has 0 aromatic rings. The smallest absolute Gasteiger partial charge is 0.278 e. The Hall–Kier alpha value is -0.540. The maximum Gasteiger partial charge on any atom is 0.278 e. The summed E-state index contributed by atoms with van der Waals surface area (Å²) in [5.41, 5.74) is 0. The standard InChI is InChI=1S/C8H12O3/c9-7-1-3-8(4-2-7)10-5-6-11-8/h1,9H,2-6H2/p+1. The van der Waals surface area contributed by atoms with Gasteiger partial charge < -0.3 is 14.6 Å². The monoisotopic (exact) mass is 157 g/mol. The Kier molecular flexibility index (Phi) is 1.62. The SMILES string of the molecule is OC1=CCC2(CC1)OCC[OH+]2. The van der Waals surface area contributed by atoms with Crippen LogP contribution in [0.1, 0.15) is 19.3 Å². The Morgan fingerprint density at radius 1 is 1.64 bits per heavy atom. The molecule has 0 aromatic heterocycles. The second-order valence-corrected chi connectivity index (χ2v) is 3.08. The molecular weight excluding hydrogens is 144 g/mol. The largest absolute Gasteiger partial charge is 0.513 e. The van der Waals surface area contributed by atoms with Gasteiger partial charge in [0.1, 0.15) is 6.61 Å². The van der Waals surface area contributed by atoms with Gasteiger partial charge in [-0.1, -0.05) is 0 Å². The summed E-state index contributed by atoms with van der Waals surface area (Å²) in [6.07, 6.45) is 4.12. The first-order valence-corrected chi connectivity index (χ1v) is 4.01. The van der Waals surface area contributed by atoms with E-state index in [1.54, 1.807) is 0 Å². The maximum atomic E-state index is 9.12. The molecule has 2 aliphatic rings. The van der Waals surface area contributed by atoms with Gasteiger partial charge >= 0.3 is 0 Å². The Balaban J connectivity index is 2.06. The summed E-state index contributed by atoms with van der Waals surface area (Å²) in [6.45, 7) is 1.56. The van der Waals surface area contributed by atoms with E-state index in [4.69, 9.17) is 9.84 Å². The van der Waals surface area contributed by atoms with Crippen LogP contribution in [0.3, 0.4) is 0 Å². The Bertz CT molecular complexity index is 180. The summed E-state index contributed by atoms with van der Waals surface area (Å²) in [6, 6.07) is 0. The third-order valence-corrected chi connectivity index (χ3v) is 2.29. The molecule has 0 radical (unpaired) electrons. The number of aliphatic hydroxyl groups excluding tert-OH is 1. The molecule has 1 aliphatic carbocycles. The van der Waals surface area contributed by atoms with Gasteiger partial charge in [-0.25, -0.2) is 0 Å². The fourth-order valence-corrected chi connectivity index (χ4v) is 1.61. The third-order valence-electron chi connectivity index (χ3n) is 2.29. The number of rotatable bonds is 0. The molecule has 3 nitrogen and oxygen atoms in total. The molecule has 0 bridgehead atoms. The van der Waals surface area contributed by atoms with Crippen molar-refractivity contribution >= 4 is 0 Å². The molecule has 2 rings (SSSR count). The van der Waals surface area contributed by atoms with Gasteiger partial charge in [-0.2, -0.15) is 0 Å². The van der Waals surface area contributed by atoms with E-state index in [0.29, 0.717) is 12.2 Å². The molecule has 0 saturated carbocycles. The first kappa shape index (κ1) is 7.13. The normalized spacial score (nSPS) is 37.6. The van der Waals surface area contributed by atoms with Gasteiger partial charge in [0.15, 0.2) is 6.61 Å². The molecule has 2 N–H and O–H groups in total. The van der Waals surface area contributed by atoms with E-state index in [1.807, 2.05) is 6.08 Å². The highest BCUT2D eigenvalue weighted by molar-refractivity contribution is 5.01. The Labute approximate surface area is 65.6 Å². The molecule has 1 spiro atoms. The molecule has 1 aliphatic heterocycles. The van der Waals surface area contributed by atoms with Crippen LogP contribution in [0.4, 0.5) is 0 Å². The van der Waals surface area contributed by atoms with Crippen LogP contribution < -0.4 is 0 Å². The Morgan fingerprint density at radius 2 is 2.55 bits per heavy atom. The van der Waals surface area contributed by atoms with Gasteiger partial charge in [-0.3, -0.25) is 0 Å². The van der Waals surface area contributed by atoms with E-state index >= 15 is 0 Å². The van der Waals surface area contributed by atoms with Crippen molar-refractivity contribution in [3.8, 4) is 0 Å². The van der Waals surface area contributed by atoms with E-state index in [9.17, 15) is 0 Å². The minimum absolute atomic E-state index is 0.258. The first-order chi connectivity index (χ1) is 5.31. The van der Waals surface area contributed by atoms with E-state index in [-0.39, 0.29) is 5.79 Å². The lowest BCUT2D eigenvalue weighted by Crippen LogP contribution is -2.34. The summed E-state index contributed by atoms with van der Waals surface area (Å²) in [7, 11) is 0. The maximum absolute atomic E-state index is 9.12. The topological polar surface area (TPSA) is 42.3 Å². The molecule has 1 saturated heterocycles. The van der Waals surface area contributed by atoms with E-state index in [0.717, 1.165) is 26.1 Å². The van der Waals surface area contributed by atoms with Crippen molar-refractivity contribution in [3.05, 3.63) is 11.8 Å². The van der Waals surface area contributed by atoms with Crippen LogP contribution in [-0.4, -0.2) is 28.8 Å². The van der Waals surface area contributed by atoms with Gasteiger partial charge in [-0.15, -0.1) is 0 Å². The van der Waals surface area contributed by atoms with Crippen molar-refractivity contribution < 1.29 is 14.6 Å². The molecular formula is C8H13O3+. The average Bonchev–Trinajstić information content (AvgIpc) is 2.45. The predicted octanol–water partition coefficient (Wildman–Crippen LogP) is 0.867. The van der Waals surface area contributed by atoms with Gasteiger partial charge in [0, 0.05) is 6.42 Å². The highest BCUT2D eigenvalue weighted by atomic mass is 16.7. The molecule has 11 heavy (non-hydrogen) atoms. The zero-order valence-corrected chi connectivity index (χ0v) is 6.42. The summed E-state index contributed by atoms with van der Waals surface area (Å²) in [5.74, 6) is 0.230. The van der Waals surface area contributed by atoms with Gasteiger partial charge in [0.2, 0.25) is 0 Å². The lowest BCUT2D eigenvalue weighted by molar-refractivity contribution is -0.252. The molecule has 1 atom stereocenters. The number of allylic oxidation sites excluding steroid dienone is 1. The van der Waals surface area contributed by atoms with E-state index < -0.39 is 0 Å². The van der Waals surface area contributed by atoms with Crippen LogP contribution in [0.15, 0.2) is 11.8 Å². The number of aliphatic hydroxyl groups is 3. The zero-order valence-electron chi connectivity index (χ0n) is 6.42. The fourth-order valence-electron chi connectivity index (χ4n) is 1.61. The number of hydrogen-bond acceptors (Lipinski definition) is 2. The summed E-state index contributed by atoms with van der Waals surface area (Å²) in [5, 5.41) is 9.12. The van der Waals surface area contributed by atoms with Gasteiger partial charge in [0.05, 0.1) is 18.6 Å². The quantitative estimate of drug-likeness (QED) is 0.530. The van der Waals surface area contributed by atoms with Crippen molar-refractivity contribution in [1.82, 2.24) is 0 Å². The average molecular weight is 157 g/mol. The second kappa shape index (κ2) is 2.50. The van der Waals surface area contributed by atoms with Crippen molar-refractivity contribution in [3.63, 3.8) is 0 Å². The van der Waals surface area contributed by atoms with Crippen LogP contribution in [0.25, 0.3) is 0 Å². The Morgan fingerprint density at radius 3 is 3.09 bits per heavy atom. The van der Waals surface area contributed by atoms with Crippen molar-refractivity contribution in [2.45, 2.75) is 25.0 Å². The van der Waals surface area contributed by atoms with Crippen LogP contribution in [0.2, 0.25) is 0 Å². The van der Waals surface area contributed by atoms with Crippen LogP contribution in [-0.2, 0) is 4.74 Å².